The summed E-state index contributed by atoms with van der Waals surface area (Å²) in [4.78, 5) is 17.9. The van der Waals surface area contributed by atoms with Crippen molar-refractivity contribution in [2.45, 2.75) is 11.6 Å². The largest absolute Gasteiger partial charge is 0.457 e. The van der Waals surface area contributed by atoms with Gasteiger partial charge in [0.05, 0.1) is 16.6 Å². The van der Waals surface area contributed by atoms with Crippen LogP contribution in [0, 0.1) is 0 Å². The summed E-state index contributed by atoms with van der Waals surface area (Å²) in [6, 6.07) is 24.3. The molecular weight excluding hydrogens is 384 g/mol. The summed E-state index contributed by atoms with van der Waals surface area (Å²) in [6.07, 6.45) is 0.636. The highest BCUT2D eigenvalue weighted by Gasteiger charge is 2.13. The van der Waals surface area contributed by atoms with Gasteiger partial charge in [0, 0.05) is 12.4 Å². The number of aliphatic hydroxyl groups excluding tert-OH is 1. The van der Waals surface area contributed by atoms with E-state index in [1.807, 2.05) is 72.8 Å². The van der Waals surface area contributed by atoms with Crippen molar-refractivity contribution in [3.63, 3.8) is 0 Å². The third-order valence-electron chi connectivity index (χ3n) is 4.35. The predicted molar refractivity (Wildman–Crippen MR) is 116 cm³/mol. The van der Waals surface area contributed by atoms with Crippen LogP contribution in [0.2, 0.25) is 0 Å². The first-order valence-electron chi connectivity index (χ1n) is 9.35. The Morgan fingerprint density at radius 3 is 2.34 bits per heavy atom. The van der Waals surface area contributed by atoms with Crippen LogP contribution in [0.4, 0.5) is 0 Å². The summed E-state index contributed by atoms with van der Waals surface area (Å²) >= 11 is 1.46. The van der Waals surface area contributed by atoms with Crippen LogP contribution in [0.15, 0.2) is 88.8 Å². The van der Waals surface area contributed by atoms with E-state index >= 15 is 0 Å². The first kappa shape index (κ1) is 19.2. The van der Waals surface area contributed by atoms with E-state index in [1.54, 1.807) is 10.6 Å². The van der Waals surface area contributed by atoms with Crippen LogP contribution >= 0.6 is 11.8 Å². The van der Waals surface area contributed by atoms with E-state index in [9.17, 15) is 4.79 Å². The van der Waals surface area contributed by atoms with Crippen molar-refractivity contribution in [3.8, 4) is 17.2 Å². The van der Waals surface area contributed by atoms with E-state index in [4.69, 9.17) is 9.84 Å². The molecule has 0 aliphatic heterocycles. The Morgan fingerprint density at radius 2 is 1.59 bits per heavy atom. The molecule has 1 heterocycles. The van der Waals surface area contributed by atoms with Crippen molar-refractivity contribution in [1.82, 2.24) is 9.55 Å². The molecule has 0 fully saturated rings. The van der Waals surface area contributed by atoms with Gasteiger partial charge >= 0.3 is 0 Å². The molecule has 4 rings (SSSR count). The van der Waals surface area contributed by atoms with E-state index in [1.165, 1.54) is 11.8 Å². The Hall–Kier alpha value is -3.09. The van der Waals surface area contributed by atoms with Crippen LogP contribution in [0.5, 0.6) is 11.5 Å². The number of ether oxygens (including phenoxy) is 1. The molecule has 6 heteroatoms. The van der Waals surface area contributed by atoms with Crippen molar-refractivity contribution in [3.05, 3.63) is 89.2 Å². The zero-order valence-electron chi connectivity index (χ0n) is 15.7. The van der Waals surface area contributed by atoms with Gasteiger partial charge in [-0.3, -0.25) is 9.36 Å². The van der Waals surface area contributed by atoms with Gasteiger partial charge in [0.1, 0.15) is 11.5 Å². The standard InChI is InChI=1S/C23H20N2O3S/c26-15-6-16-29-23-24-21-10-5-4-9-20(21)22(27)25(23)17-11-13-19(14-12-17)28-18-7-2-1-3-8-18/h1-5,7-14,26H,6,15-16H2. The molecule has 0 aliphatic carbocycles. The normalized spacial score (nSPS) is 10.9. The lowest BCUT2D eigenvalue weighted by Crippen LogP contribution is -2.21. The molecule has 1 aromatic heterocycles. The second kappa shape index (κ2) is 8.94. The van der Waals surface area contributed by atoms with E-state index in [0.717, 1.165) is 11.4 Å². The molecule has 0 aliphatic rings. The highest BCUT2D eigenvalue weighted by molar-refractivity contribution is 7.99. The van der Waals surface area contributed by atoms with Crippen LogP contribution in [0.3, 0.4) is 0 Å². The number of hydrogen-bond donors (Lipinski definition) is 1. The Bertz CT molecular complexity index is 1160. The van der Waals surface area contributed by atoms with E-state index in [0.29, 0.717) is 34.0 Å². The molecule has 5 nitrogen and oxygen atoms in total. The maximum atomic E-state index is 13.2. The minimum absolute atomic E-state index is 0.107. The zero-order valence-corrected chi connectivity index (χ0v) is 16.5. The van der Waals surface area contributed by atoms with Gasteiger partial charge in [-0.2, -0.15) is 0 Å². The average molecular weight is 404 g/mol. The molecule has 0 amide bonds. The quantitative estimate of drug-likeness (QED) is 0.276. The summed E-state index contributed by atoms with van der Waals surface area (Å²) in [7, 11) is 0. The van der Waals surface area contributed by atoms with Crippen molar-refractivity contribution < 1.29 is 9.84 Å². The van der Waals surface area contributed by atoms with E-state index in [2.05, 4.69) is 4.98 Å². The van der Waals surface area contributed by atoms with Gasteiger partial charge in [0.25, 0.3) is 5.56 Å². The molecule has 29 heavy (non-hydrogen) atoms. The summed E-state index contributed by atoms with van der Waals surface area (Å²) in [5, 5.41) is 10.3. The summed E-state index contributed by atoms with van der Waals surface area (Å²) in [6.45, 7) is 0.107. The van der Waals surface area contributed by atoms with Gasteiger partial charge in [0.2, 0.25) is 0 Å². The minimum Gasteiger partial charge on any atom is -0.457 e. The number of aliphatic hydroxyl groups is 1. The molecule has 4 aromatic rings. The fourth-order valence-electron chi connectivity index (χ4n) is 2.95. The van der Waals surface area contributed by atoms with Crippen molar-refractivity contribution in [2.75, 3.05) is 12.4 Å². The number of rotatable bonds is 7. The lowest BCUT2D eigenvalue weighted by molar-refractivity contribution is 0.296. The molecule has 0 spiro atoms. The SMILES string of the molecule is O=c1c2ccccc2nc(SCCCO)n1-c1ccc(Oc2ccccc2)cc1. The molecule has 0 atom stereocenters. The molecule has 146 valence electrons. The zero-order chi connectivity index (χ0) is 20.1. The number of aromatic nitrogens is 2. The van der Waals surface area contributed by atoms with Crippen LogP contribution in [0.1, 0.15) is 6.42 Å². The number of hydrogen-bond acceptors (Lipinski definition) is 5. The lowest BCUT2D eigenvalue weighted by atomic mass is 10.2. The van der Waals surface area contributed by atoms with Crippen LogP contribution in [-0.2, 0) is 0 Å². The van der Waals surface area contributed by atoms with Crippen LogP contribution < -0.4 is 10.3 Å². The topological polar surface area (TPSA) is 64.3 Å². The summed E-state index contributed by atoms with van der Waals surface area (Å²) in [5.41, 5.74) is 1.28. The van der Waals surface area contributed by atoms with Crippen molar-refractivity contribution in [1.29, 1.82) is 0 Å². The average Bonchev–Trinajstić information content (AvgIpc) is 2.76. The Morgan fingerprint density at radius 1 is 0.897 bits per heavy atom. The minimum atomic E-state index is -0.112. The number of fused-ring (bicyclic) bond motifs is 1. The summed E-state index contributed by atoms with van der Waals surface area (Å²) in [5.74, 6) is 2.12. The molecule has 0 saturated heterocycles. The van der Waals surface area contributed by atoms with Gasteiger partial charge in [-0.15, -0.1) is 0 Å². The first-order valence-corrected chi connectivity index (χ1v) is 10.3. The molecule has 3 aromatic carbocycles. The van der Waals surface area contributed by atoms with Gasteiger partial charge in [-0.25, -0.2) is 4.98 Å². The van der Waals surface area contributed by atoms with Crippen molar-refractivity contribution in [2.24, 2.45) is 0 Å². The number of para-hydroxylation sites is 2. The monoisotopic (exact) mass is 404 g/mol. The Kier molecular flexibility index (Phi) is 5.93. The molecule has 0 radical (unpaired) electrons. The fourth-order valence-corrected chi connectivity index (χ4v) is 3.89. The second-order valence-corrected chi connectivity index (χ2v) is 7.45. The summed E-state index contributed by atoms with van der Waals surface area (Å²) < 4.78 is 7.47. The molecule has 0 saturated carbocycles. The number of nitrogens with zero attached hydrogens (tertiary/aromatic N) is 2. The molecule has 1 N–H and O–H groups in total. The predicted octanol–water partition coefficient (Wildman–Crippen LogP) is 4.65. The van der Waals surface area contributed by atoms with E-state index < -0.39 is 0 Å². The van der Waals surface area contributed by atoms with Crippen molar-refractivity contribution >= 4 is 22.7 Å². The molecule has 0 unspecified atom stereocenters. The van der Waals surface area contributed by atoms with Gasteiger partial charge in [-0.1, -0.05) is 42.1 Å². The highest BCUT2D eigenvalue weighted by Crippen LogP contribution is 2.25. The third kappa shape index (κ3) is 4.34. The smallest absolute Gasteiger partial charge is 0.266 e. The lowest BCUT2D eigenvalue weighted by Gasteiger charge is -2.14. The highest BCUT2D eigenvalue weighted by atomic mass is 32.2. The Labute approximate surface area is 172 Å². The molecular formula is C23H20N2O3S. The molecule has 0 bridgehead atoms. The Balaban J connectivity index is 1.72. The van der Waals surface area contributed by atoms with Crippen LogP contribution in [0.25, 0.3) is 16.6 Å². The second-order valence-electron chi connectivity index (χ2n) is 6.39. The first-order chi connectivity index (χ1) is 14.3. The van der Waals surface area contributed by atoms with Gasteiger partial charge in [0.15, 0.2) is 5.16 Å². The maximum Gasteiger partial charge on any atom is 0.266 e. The number of benzene rings is 3. The maximum absolute atomic E-state index is 13.2. The number of thioether (sulfide) groups is 1. The van der Waals surface area contributed by atoms with E-state index in [-0.39, 0.29) is 12.2 Å². The van der Waals surface area contributed by atoms with Gasteiger partial charge < -0.3 is 9.84 Å². The van der Waals surface area contributed by atoms with Crippen LogP contribution in [-0.4, -0.2) is 27.0 Å². The fraction of sp³-hybridized carbons (Fsp3) is 0.130. The van der Waals surface area contributed by atoms with Gasteiger partial charge in [-0.05, 0) is 55.0 Å². The third-order valence-corrected chi connectivity index (χ3v) is 5.38.